The molecule has 0 aliphatic heterocycles. The summed E-state index contributed by atoms with van der Waals surface area (Å²) in [4.78, 5) is 0. The zero-order chi connectivity index (χ0) is 12.0. The van der Waals surface area contributed by atoms with Crippen LogP contribution in [-0.4, -0.2) is 7.05 Å². The Hall–Kier alpha value is -1.22. The predicted octanol–water partition coefficient (Wildman–Crippen LogP) is 3.58. The van der Waals surface area contributed by atoms with Crippen molar-refractivity contribution in [3.05, 3.63) is 48.1 Å². The Balaban J connectivity index is 2.78. The summed E-state index contributed by atoms with van der Waals surface area (Å²) in [5.74, 6) is -1.54. The SMILES string of the molecule is C=CCCCC(NC)c1cccc(F)c1F. The van der Waals surface area contributed by atoms with Gasteiger partial charge in [0.1, 0.15) is 0 Å². The van der Waals surface area contributed by atoms with Crippen LogP contribution in [0.1, 0.15) is 30.9 Å². The number of benzene rings is 1. The van der Waals surface area contributed by atoms with Gasteiger partial charge >= 0.3 is 0 Å². The highest BCUT2D eigenvalue weighted by Gasteiger charge is 2.15. The topological polar surface area (TPSA) is 12.0 Å². The summed E-state index contributed by atoms with van der Waals surface area (Å²) >= 11 is 0. The Labute approximate surface area is 95.2 Å². The summed E-state index contributed by atoms with van der Waals surface area (Å²) in [7, 11) is 1.75. The molecule has 0 aliphatic rings. The van der Waals surface area contributed by atoms with Crippen LogP contribution in [0.15, 0.2) is 30.9 Å². The molecule has 0 saturated carbocycles. The van der Waals surface area contributed by atoms with Crippen molar-refractivity contribution in [2.24, 2.45) is 0 Å². The number of allylic oxidation sites excluding steroid dienone is 1. The van der Waals surface area contributed by atoms with Gasteiger partial charge in [-0.15, -0.1) is 6.58 Å². The number of nitrogens with one attached hydrogen (secondary N) is 1. The maximum atomic E-state index is 13.5. The van der Waals surface area contributed by atoms with Crippen molar-refractivity contribution in [1.29, 1.82) is 0 Å². The predicted molar refractivity (Wildman–Crippen MR) is 62.2 cm³/mol. The molecule has 1 atom stereocenters. The molecule has 1 aromatic rings. The first kappa shape index (κ1) is 12.8. The van der Waals surface area contributed by atoms with Crippen LogP contribution in [0.25, 0.3) is 0 Å². The first-order valence-corrected chi connectivity index (χ1v) is 5.42. The van der Waals surface area contributed by atoms with E-state index in [0.717, 1.165) is 25.3 Å². The molecular weight excluding hydrogens is 208 g/mol. The second kappa shape index (κ2) is 6.38. The second-order valence-corrected chi connectivity index (χ2v) is 3.70. The minimum atomic E-state index is -0.790. The third-order valence-corrected chi connectivity index (χ3v) is 2.61. The van der Waals surface area contributed by atoms with E-state index in [1.54, 1.807) is 13.1 Å². The van der Waals surface area contributed by atoms with Crippen LogP contribution >= 0.6 is 0 Å². The monoisotopic (exact) mass is 225 g/mol. The zero-order valence-corrected chi connectivity index (χ0v) is 9.47. The smallest absolute Gasteiger partial charge is 0.163 e. The van der Waals surface area contributed by atoms with Gasteiger partial charge < -0.3 is 5.32 Å². The molecule has 0 spiro atoms. The van der Waals surface area contributed by atoms with Crippen molar-refractivity contribution >= 4 is 0 Å². The third kappa shape index (κ3) is 3.14. The number of hydrogen-bond acceptors (Lipinski definition) is 1. The Morgan fingerprint density at radius 2 is 2.19 bits per heavy atom. The normalized spacial score (nSPS) is 12.4. The quantitative estimate of drug-likeness (QED) is 0.576. The lowest BCUT2D eigenvalue weighted by Crippen LogP contribution is -2.18. The van der Waals surface area contributed by atoms with Crippen LogP contribution in [0.2, 0.25) is 0 Å². The van der Waals surface area contributed by atoms with Crippen LogP contribution in [0, 0.1) is 11.6 Å². The summed E-state index contributed by atoms with van der Waals surface area (Å²) in [6.45, 7) is 3.63. The van der Waals surface area contributed by atoms with Gasteiger partial charge in [-0.3, -0.25) is 0 Å². The molecule has 1 aromatic carbocycles. The molecular formula is C13H17F2N. The highest BCUT2D eigenvalue weighted by atomic mass is 19.2. The zero-order valence-electron chi connectivity index (χ0n) is 9.47. The van der Waals surface area contributed by atoms with Crippen LogP contribution < -0.4 is 5.32 Å². The van der Waals surface area contributed by atoms with Gasteiger partial charge in [0.05, 0.1) is 0 Å². The van der Waals surface area contributed by atoms with Crippen molar-refractivity contribution in [3.63, 3.8) is 0 Å². The molecule has 16 heavy (non-hydrogen) atoms. The number of unbranched alkanes of at least 4 members (excludes halogenated alkanes) is 1. The van der Waals surface area contributed by atoms with Crippen molar-refractivity contribution in [3.8, 4) is 0 Å². The van der Waals surface area contributed by atoms with Gasteiger partial charge in [-0.2, -0.15) is 0 Å². The number of hydrogen-bond donors (Lipinski definition) is 1. The summed E-state index contributed by atoms with van der Waals surface area (Å²) in [6, 6.07) is 4.14. The Bertz CT molecular complexity index is 350. The molecule has 0 fully saturated rings. The van der Waals surface area contributed by atoms with Crippen LogP contribution in [0.4, 0.5) is 8.78 Å². The molecule has 0 aromatic heterocycles. The van der Waals surface area contributed by atoms with E-state index in [4.69, 9.17) is 0 Å². The average molecular weight is 225 g/mol. The van der Waals surface area contributed by atoms with Crippen molar-refractivity contribution < 1.29 is 8.78 Å². The first-order chi connectivity index (χ1) is 7.70. The van der Waals surface area contributed by atoms with E-state index in [2.05, 4.69) is 11.9 Å². The second-order valence-electron chi connectivity index (χ2n) is 3.70. The highest BCUT2D eigenvalue weighted by Crippen LogP contribution is 2.23. The van der Waals surface area contributed by atoms with E-state index < -0.39 is 11.6 Å². The summed E-state index contributed by atoms with van der Waals surface area (Å²) in [6.07, 6.45) is 4.39. The molecule has 0 radical (unpaired) electrons. The molecule has 88 valence electrons. The van der Waals surface area contributed by atoms with Gasteiger partial charge in [0.2, 0.25) is 0 Å². The molecule has 1 N–H and O–H groups in total. The molecule has 0 aliphatic carbocycles. The Morgan fingerprint density at radius 1 is 1.44 bits per heavy atom. The summed E-state index contributed by atoms with van der Waals surface area (Å²) in [5, 5.41) is 3.00. The molecule has 0 saturated heterocycles. The molecule has 1 nitrogen and oxygen atoms in total. The molecule has 0 bridgehead atoms. The standard InChI is InChI=1S/C13H17F2N/c1-3-4-5-9-12(16-2)10-7-6-8-11(14)13(10)15/h3,6-8,12,16H,1,4-5,9H2,2H3. The third-order valence-electron chi connectivity index (χ3n) is 2.61. The van der Waals surface area contributed by atoms with E-state index in [-0.39, 0.29) is 6.04 Å². The van der Waals surface area contributed by atoms with Gasteiger partial charge in [-0.1, -0.05) is 18.2 Å². The van der Waals surface area contributed by atoms with E-state index in [1.165, 1.54) is 6.07 Å². The lowest BCUT2D eigenvalue weighted by molar-refractivity contribution is 0.458. The summed E-state index contributed by atoms with van der Waals surface area (Å²) < 4.78 is 26.6. The molecule has 0 heterocycles. The van der Waals surface area contributed by atoms with Crippen LogP contribution in [0.3, 0.4) is 0 Å². The van der Waals surface area contributed by atoms with E-state index >= 15 is 0 Å². The fourth-order valence-electron chi connectivity index (χ4n) is 1.71. The molecule has 3 heteroatoms. The van der Waals surface area contributed by atoms with Gasteiger partial charge in [0.15, 0.2) is 11.6 Å². The fraction of sp³-hybridized carbons (Fsp3) is 0.385. The van der Waals surface area contributed by atoms with Crippen LogP contribution in [-0.2, 0) is 0 Å². The highest BCUT2D eigenvalue weighted by molar-refractivity contribution is 5.22. The van der Waals surface area contributed by atoms with Crippen LogP contribution in [0.5, 0.6) is 0 Å². The van der Waals surface area contributed by atoms with Gasteiger partial charge in [0, 0.05) is 11.6 Å². The fourth-order valence-corrected chi connectivity index (χ4v) is 1.71. The number of rotatable bonds is 6. The van der Waals surface area contributed by atoms with E-state index in [0.29, 0.717) is 5.56 Å². The summed E-state index contributed by atoms with van der Waals surface area (Å²) in [5.41, 5.74) is 0.395. The maximum Gasteiger partial charge on any atom is 0.163 e. The van der Waals surface area contributed by atoms with E-state index in [9.17, 15) is 8.78 Å². The first-order valence-electron chi connectivity index (χ1n) is 5.42. The van der Waals surface area contributed by atoms with Gasteiger partial charge in [-0.05, 0) is 32.4 Å². The Kier molecular flexibility index (Phi) is 5.12. The maximum absolute atomic E-state index is 13.5. The number of halogens is 2. The molecule has 1 rings (SSSR count). The minimum absolute atomic E-state index is 0.143. The average Bonchev–Trinajstić information content (AvgIpc) is 2.29. The molecule has 1 unspecified atom stereocenters. The molecule has 0 amide bonds. The van der Waals surface area contributed by atoms with Crippen molar-refractivity contribution in [1.82, 2.24) is 5.32 Å². The lowest BCUT2D eigenvalue weighted by atomic mass is 10.0. The van der Waals surface area contributed by atoms with Gasteiger partial charge in [-0.25, -0.2) is 8.78 Å². The van der Waals surface area contributed by atoms with E-state index in [1.807, 2.05) is 6.08 Å². The minimum Gasteiger partial charge on any atom is -0.313 e. The Morgan fingerprint density at radius 3 is 2.81 bits per heavy atom. The van der Waals surface area contributed by atoms with Crippen molar-refractivity contribution in [2.75, 3.05) is 7.05 Å². The largest absolute Gasteiger partial charge is 0.313 e. The lowest BCUT2D eigenvalue weighted by Gasteiger charge is -2.17. The van der Waals surface area contributed by atoms with Gasteiger partial charge in [0.25, 0.3) is 0 Å². The van der Waals surface area contributed by atoms with Crippen molar-refractivity contribution in [2.45, 2.75) is 25.3 Å².